The summed E-state index contributed by atoms with van der Waals surface area (Å²) < 4.78 is 5.25. The van der Waals surface area contributed by atoms with Crippen LogP contribution < -0.4 is 15.8 Å². The number of methoxy groups -OCH3 is 1. The van der Waals surface area contributed by atoms with Crippen LogP contribution in [0.3, 0.4) is 0 Å². The number of hydrogen-bond acceptors (Lipinski definition) is 4. The zero-order valence-corrected chi connectivity index (χ0v) is 9.47. The number of ether oxygens (including phenoxy) is 1. The summed E-state index contributed by atoms with van der Waals surface area (Å²) in [5, 5.41) is 14.4. The van der Waals surface area contributed by atoms with Crippen molar-refractivity contribution < 1.29 is 9.94 Å². The zero-order chi connectivity index (χ0) is 12.0. The van der Waals surface area contributed by atoms with Crippen molar-refractivity contribution in [3.63, 3.8) is 0 Å². The maximum atomic E-state index is 8.42. The molecule has 1 atom stereocenters. The Morgan fingerprint density at radius 2 is 2.25 bits per heavy atom. The predicted molar refractivity (Wildman–Crippen MR) is 62.8 cm³/mol. The van der Waals surface area contributed by atoms with Gasteiger partial charge in [-0.25, -0.2) is 0 Å². The first-order valence-electron chi connectivity index (χ1n) is 5.01. The molecule has 5 heteroatoms. The van der Waals surface area contributed by atoms with E-state index in [1.165, 1.54) is 0 Å². The van der Waals surface area contributed by atoms with Gasteiger partial charge < -0.3 is 21.0 Å². The van der Waals surface area contributed by atoms with E-state index >= 15 is 0 Å². The largest absolute Gasteiger partial charge is 0.496 e. The van der Waals surface area contributed by atoms with Crippen molar-refractivity contribution in [2.75, 3.05) is 13.7 Å². The number of oxime groups is 1. The summed E-state index contributed by atoms with van der Waals surface area (Å²) in [4.78, 5) is 0. The molecule has 0 aromatic heterocycles. The van der Waals surface area contributed by atoms with Crippen molar-refractivity contribution in [2.45, 2.75) is 13.0 Å². The molecule has 16 heavy (non-hydrogen) atoms. The molecule has 0 aliphatic rings. The molecule has 4 N–H and O–H groups in total. The van der Waals surface area contributed by atoms with E-state index in [0.717, 1.165) is 11.3 Å². The van der Waals surface area contributed by atoms with E-state index in [1.807, 2.05) is 31.2 Å². The number of nitrogens with zero attached hydrogens (tertiary/aromatic N) is 1. The molecule has 88 valence electrons. The van der Waals surface area contributed by atoms with Gasteiger partial charge in [-0.1, -0.05) is 23.4 Å². The Labute approximate surface area is 94.9 Å². The summed E-state index contributed by atoms with van der Waals surface area (Å²) in [6.07, 6.45) is 0. The second kappa shape index (κ2) is 5.97. The molecule has 0 spiro atoms. The normalized spacial score (nSPS) is 13.5. The SMILES string of the molecule is COc1ccccc1[C@@H](C)NC/C(N)=N/O. The molecule has 0 heterocycles. The van der Waals surface area contributed by atoms with E-state index < -0.39 is 0 Å². The second-order valence-corrected chi connectivity index (χ2v) is 3.44. The lowest BCUT2D eigenvalue weighted by atomic mass is 10.1. The Bertz CT molecular complexity index is 366. The number of benzene rings is 1. The number of rotatable bonds is 5. The highest BCUT2D eigenvalue weighted by Gasteiger charge is 2.10. The van der Waals surface area contributed by atoms with Gasteiger partial charge in [-0.05, 0) is 13.0 Å². The lowest BCUT2D eigenvalue weighted by molar-refractivity contribution is 0.316. The summed E-state index contributed by atoms with van der Waals surface area (Å²) >= 11 is 0. The first-order valence-corrected chi connectivity index (χ1v) is 5.01. The summed E-state index contributed by atoms with van der Waals surface area (Å²) in [5.74, 6) is 0.976. The van der Waals surface area contributed by atoms with Crippen LogP contribution in [0.15, 0.2) is 29.4 Å². The molecule has 0 fully saturated rings. The highest BCUT2D eigenvalue weighted by atomic mass is 16.5. The van der Waals surface area contributed by atoms with Crippen LogP contribution in [0.1, 0.15) is 18.5 Å². The van der Waals surface area contributed by atoms with E-state index in [4.69, 9.17) is 15.7 Å². The molecular weight excluding hydrogens is 206 g/mol. The average molecular weight is 223 g/mol. The summed E-state index contributed by atoms with van der Waals surface area (Å²) in [6, 6.07) is 7.80. The number of amidine groups is 1. The molecule has 1 rings (SSSR count). The van der Waals surface area contributed by atoms with Crippen LogP contribution in [-0.2, 0) is 0 Å². The Morgan fingerprint density at radius 1 is 1.56 bits per heavy atom. The fraction of sp³-hybridized carbons (Fsp3) is 0.364. The van der Waals surface area contributed by atoms with Gasteiger partial charge >= 0.3 is 0 Å². The molecule has 1 aromatic carbocycles. The Kier molecular flexibility index (Phi) is 4.60. The fourth-order valence-corrected chi connectivity index (χ4v) is 1.43. The zero-order valence-electron chi connectivity index (χ0n) is 9.47. The van der Waals surface area contributed by atoms with Crippen molar-refractivity contribution in [3.05, 3.63) is 29.8 Å². The van der Waals surface area contributed by atoms with Crippen LogP contribution >= 0.6 is 0 Å². The van der Waals surface area contributed by atoms with Crippen molar-refractivity contribution in [1.29, 1.82) is 0 Å². The van der Waals surface area contributed by atoms with Crippen LogP contribution in [-0.4, -0.2) is 24.7 Å². The number of para-hydroxylation sites is 1. The number of nitrogens with one attached hydrogen (secondary N) is 1. The van der Waals surface area contributed by atoms with Gasteiger partial charge in [0.1, 0.15) is 5.75 Å². The van der Waals surface area contributed by atoms with E-state index in [0.29, 0.717) is 6.54 Å². The second-order valence-electron chi connectivity index (χ2n) is 3.44. The van der Waals surface area contributed by atoms with Crippen LogP contribution in [0, 0.1) is 0 Å². The monoisotopic (exact) mass is 223 g/mol. The molecule has 0 amide bonds. The van der Waals surface area contributed by atoms with Gasteiger partial charge in [0.25, 0.3) is 0 Å². The molecule has 0 aliphatic heterocycles. The molecule has 0 radical (unpaired) electrons. The summed E-state index contributed by atoms with van der Waals surface area (Å²) in [5.41, 5.74) is 6.41. The third-order valence-corrected chi connectivity index (χ3v) is 2.32. The van der Waals surface area contributed by atoms with Crippen molar-refractivity contribution in [1.82, 2.24) is 5.32 Å². The average Bonchev–Trinajstić information content (AvgIpc) is 2.35. The first-order chi connectivity index (χ1) is 7.69. The van der Waals surface area contributed by atoms with Crippen LogP contribution in [0.5, 0.6) is 5.75 Å². The topological polar surface area (TPSA) is 79.9 Å². The number of nitrogens with two attached hydrogens (primary N) is 1. The molecule has 1 aromatic rings. The summed E-state index contributed by atoms with van der Waals surface area (Å²) in [6.45, 7) is 2.32. The van der Waals surface area contributed by atoms with Gasteiger partial charge in [-0.3, -0.25) is 0 Å². The van der Waals surface area contributed by atoms with Crippen LogP contribution in [0.4, 0.5) is 0 Å². The fourth-order valence-electron chi connectivity index (χ4n) is 1.43. The van der Waals surface area contributed by atoms with Crippen molar-refractivity contribution >= 4 is 5.84 Å². The molecule has 0 aliphatic carbocycles. The standard InChI is InChI=1S/C11H17N3O2/c1-8(13-7-11(12)14-15)9-5-3-4-6-10(9)16-2/h3-6,8,13,15H,7H2,1-2H3,(H2,12,14)/t8-/m1/s1. The number of hydrogen-bond donors (Lipinski definition) is 3. The highest BCUT2D eigenvalue weighted by molar-refractivity contribution is 5.81. The molecule has 5 nitrogen and oxygen atoms in total. The van der Waals surface area contributed by atoms with E-state index in [2.05, 4.69) is 10.5 Å². The van der Waals surface area contributed by atoms with Crippen molar-refractivity contribution in [2.24, 2.45) is 10.9 Å². The van der Waals surface area contributed by atoms with E-state index in [9.17, 15) is 0 Å². The minimum absolute atomic E-state index is 0.0662. The maximum absolute atomic E-state index is 8.42. The molecule has 0 saturated heterocycles. The molecular formula is C11H17N3O2. The van der Waals surface area contributed by atoms with Gasteiger partial charge in [0.2, 0.25) is 0 Å². The smallest absolute Gasteiger partial charge is 0.153 e. The molecule has 0 bridgehead atoms. The van der Waals surface area contributed by atoms with Gasteiger partial charge in [0.15, 0.2) is 5.84 Å². The molecule has 0 saturated carbocycles. The minimum Gasteiger partial charge on any atom is -0.496 e. The molecule has 0 unspecified atom stereocenters. The summed E-state index contributed by atoms with van der Waals surface area (Å²) in [7, 11) is 1.63. The predicted octanol–water partition coefficient (Wildman–Crippen LogP) is 1.09. The Morgan fingerprint density at radius 3 is 2.88 bits per heavy atom. The third kappa shape index (κ3) is 3.13. The van der Waals surface area contributed by atoms with Gasteiger partial charge in [-0.15, -0.1) is 0 Å². The van der Waals surface area contributed by atoms with Crippen LogP contribution in [0.2, 0.25) is 0 Å². The lowest BCUT2D eigenvalue weighted by Crippen LogP contribution is -2.31. The maximum Gasteiger partial charge on any atom is 0.153 e. The van der Waals surface area contributed by atoms with Gasteiger partial charge in [0.05, 0.1) is 13.7 Å². The van der Waals surface area contributed by atoms with Gasteiger partial charge in [-0.2, -0.15) is 0 Å². The third-order valence-electron chi connectivity index (χ3n) is 2.32. The van der Waals surface area contributed by atoms with Gasteiger partial charge in [0, 0.05) is 11.6 Å². The highest BCUT2D eigenvalue weighted by Crippen LogP contribution is 2.23. The quantitative estimate of drug-likeness (QED) is 0.302. The van der Waals surface area contributed by atoms with E-state index in [1.54, 1.807) is 7.11 Å². The van der Waals surface area contributed by atoms with E-state index in [-0.39, 0.29) is 11.9 Å². The minimum atomic E-state index is 0.0662. The Hall–Kier alpha value is -1.75. The first kappa shape index (κ1) is 12.3. The van der Waals surface area contributed by atoms with Crippen LogP contribution in [0.25, 0.3) is 0 Å². The lowest BCUT2D eigenvalue weighted by Gasteiger charge is -2.16. The Balaban J connectivity index is 2.68. The van der Waals surface area contributed by atoms with Crippen molar-refractivity contribution in [3.8, 4) is 5.75 Å².